The van der Waals surface area contributed by atoms with Crippen LogP contribution in [0.1, 0.15) is 26.5 Å². The Kier molecular flexibility index (Phi) is 4.63. The number of rotatable bonds is 4. The number of thioether (sulfide) groups is 1. The standard InChI is InChI=1S/C12H16N2OS/c1-12(2,3)16-8-7-15-11-5-4-6-14-10(11)9-13/h4-6H,7-8H2,1-3H3. The third kappa shape index (κ3) is 4.54. The molecule has 0 spiro atoms. The van der Waals surface area contributed by atoms with Crippen molar-refractivity contribution < 1.29 is 4.74 Å². The zero-order valence-corrected chi connectivity index (χ0v) is 10.7. The second-order valence-corrected chi connectivity index (χ2v) is 6.19. The Morgan fingerprint density at radius 3 is 2.88 bits per heavy atom. The quantitative estimate of drug-likeness (QED) is 0.754. The van der Waals surface area contributed by atoms with Crippen LogP contribution in [0.4, 0.5) is 0 Å². The van der Waals surface area contributed by atoms with E-state index in [0.717, 1.165) is 5.75 Å². The van der Waals surface area contributed by atoms with Gasteiger partial charge < -0.3 is 4.74 Å². The van der Waals surface area contributed by atoms with Crippen LogP contribution in [0.25, 0.3) is 0 Å². The van der Waals surface area contributed by atoms with Gasteiger partial charge in [0.25, 0.3) is 0 Å². The lowest BCUT2D eigenvalue weighted by molar-refractivity contribution is 0.341. The average molecular weight is 236 g/mol. The molecule has 1 aromatic heterocycles. The lowest BCUT2D eigenvalue weighted by Crippen LogP contribution is -2.12. The molecule has 1 heterocycles. The fourth-order valence-electron chi connectivity index (χ4n) is 1.09. The number of nitrogens with zero attached hydrogens (tertiary/aromatic N) is 2. The molecular weight excluding hydrogens is 220 g/mol. The van der Waals surface area contributed by atoms with Crippen LogP contribution in [-0.4, -0.2) is 22.1 Å². The van der Waals surface area contributed by atoms with Crippen molar-refractivity contribution in [2.24, 2.45) is 0 Å². The van der Waals surface area contributed by atoms with Crippen LogP contribution in [0.15, 0.2) is 18.3 Å². The SMILES string of the molecule is CC(C)(C)SCCOc1cccnc1C#N. The maximum absolute atomic E-state index is 8.81. The lowest BCUT2D eigenvalue weighted by Gasteiger charge is -2.17. The predicted octanol–water partition coefficient (Wildman–Crippen LogP) is 2.86. The van der Waals surface area contributed by atoms with Crippen LogP contribution in [0.2, 0.25) is 0 Å². The maximum atomic E-state index is 8.81. The Hall–Kier alpha value is -1.21. The second-order valence-electron chi connectivity index (χ2n) is 4.27. The Balaban J connectivity index is 2.41. The molecule has 0 unspecified atom stereocenters. The molecule has 0 saturated carbocycles. The van der Waals surface area contributed by atoms with E-state index >= 15 is 0 Å². The molecule has 4 heteroatoms. The van der Waals surface area contributed by atoms with Gasteiger partial charge in [0.1, 0.15) is 6.07 Å². The molecule has 0 aromatic carbocycles. The van der Waals surface area contributed by atoms with Gasteiger partial charge in [0.15, 0.2) is 11.4 Å². The number of pyridine rings is 1. The first-order valence-electron chi connectivity index (χ1n) is 5.15. The van der Waals surface area contributed by atoms with Crippen LogP contribution in [0.5, 0.6) is 5.75 Å². The summed E-state index contributed by atoms with van der Waals surface area (Å²) in [6.07, 6.45) is 1.59. The molecule has 86 valence electrons. The van der Waals surface area contributed by atoms with E-state index in [1.165, 1.54) is 0 Å². The fourth-order valence-corrected chi connectivity index (χ4v) is 1.87. The molecule has 0 aliphatic heterocycles. The van der Waals surface area contributed by atoms with Crippen molar-refractivity contribution in [2.75, 3.05) is 12.4 Å². The van der Waals surface area contributed by atoms with E-state index < -0.39 is 0 Å². The summed E-state index contributed by atoms with van der Waals surface area (Å²) in [6.45, 7) is 7.11. The van der Waals surface area contributed by atoms with Crippen molar-refractivity contribution >= 4 is 11.8 Å². The van der Waals surface area contributed by atoms with E-state index in [0.29, 0.717) is 18.1 Å². The van der Waals surface area contributed by atoms with Gasteiger partial charge in [-0.1, -0.05) is 20.8 Å². The van der Waals surface area contributed by atoms with Crippen molar-refractivity contribution in [2.45, 2.75) is 25.5 Å². The summed E-state index contributed by atoms with van der Waals surface area (Å²) in [6, 6.07) is 5.55. The minimum absolute atomic E-state index is 0.246. The molecule has 0 aliphatic carbocycles. The minimum atomic E-state index is 0.246. The summed E-state index contributed by atoms with van der Waals surface area (Å²) < 4.78 is 5.76. The summed E-state index contributed by atoms with van der Waals surface area (Å²) in [7, 11) is 0. The third-order valence-electron chi connectivity index (χ3n) is 1.75. The Labute approximate surface area is 101 Å². The Morgan fingerprint density at radius 2 is 2.25 bits per heavy atom. The Bertz CT molecular complexity index is 379. The predicted molar refractivity (Wildman–Crippen MR) is 66.7 cm³/mol. The zero-order valence-electron chi connectivity index (χ0n) is 9.86. The van der Waals surface area contributed by atoms with E-state index in [2.05, 4.69) is 25.8 Å². The van der Waals surface area contributed by atoms with Crippen LogP contribution in [-0.2, 0) is 0 Å². The van der Waals surface area contributed by atoms with E-state index in [4.69, 9.17) is 10.00 Å². The van der Waals surface area contributed by atoms with Crippen molar-refractivity contribution in [3.63, 3.8) is 0 Å². The monoisotopic (exact) mass is 236 g/mol. The first-order valence-corrected chi connectivity index (χ1v) is 6.13. The minimum Gasteiger partial charge on any atom is -0.490 e. The average Bonchev–Trinajstić information content (AvgIpc) is 2.23. The van der Waals surface area contributed by atoms with Gasteiger partial charge in [-0.2, -0.15) is 17.0 Å². The molecule has 0 N–H and O–H groups in total. The maximum Gasteiger partial charge on any atom is 0.182 e. The number of ether oxygens (including phenoxy) is 1. The van der Waals surface area contributed by atoms with Crippen molar-refractivity contribution in [3.8, 4) is 11.8 Å². The number of aromatic nitrogens is 1. The molecule has 1 aromatic rings. The summed E-state index contributed by atoms with van der Waals surface area (Å²) in [5, 5.41) is 8.81. The van der Waals surface area contributed by atoms with Gasteiger partial charge >= 0.3 is 0 Å². The largest absolute Gasteiger partial charge is 0.490 e. The van der Waals surface area contributed by atoms with Crippen LogP contribution in [0, 0.1) is 11.3 Å². The highest BCUT2D eigenvalue weighted by molar-refractivity contribution is 8.00. The fraction of sp³-hybridized carbons (Fsp3) is 0.500. The Morgan fingerprint density at radius 1 is 1.50 bits per heavy atom. The van der Waals surface area contributed by atoms with Gasteiger partial charge in [-0.15, -0.1) is 0 Å². The number of hydrogen-bond acceptors (Lipinski definition) is 4. The first-order chi connectivity index (χ1) is 7.53. The highest BCUT2D eigenvalue weighted by atomic mass is 32.2. The second kappa shape index (κ2) is 5.76. The summed E-state index contributed by atoms with van der Waals surface area (Å²) in [5.41, 5.74) is 0.350. The van der Waals surface area contributed by atoms with E-state index in [-0.39, 0.29) is 4.75 Å². The molecule has 0 radical (unpaired) electrons. The van der Waals surface area contributed by atoms with E-state index in [1.807, 2.05) is 17.8 Å². The topological polar surface area (TPSA) is 45.9 Å². The number of hydrogen-bond donors (Lipinski definition) is 0. The molecule has 0 atom stereocenters. The van der Waals surface area contributed by atoms with Gasteiger partial charge in [-0.25, -0.2) is 4.98 Å². The highest BCUT2D eigenvalue weighted by Gasteiger charge is 2.10. The highest BCUT2D eigenvalue weighted by Crippen LogP contribution is 2.23. The molecule has 0 aliphatic rings. The van der Waals surface area contributed by atoms with Gasteiger partial charge in [-0.3, -0.25) is 0 Å². The van der Waals surface area contributed by atoms with Gasteiger partial charge in [0, 0.05) is 16.7 Å². The van der Waals surface area contributed by atoms with Gasteiger partial charge in [-0.05, 0) is 12.1 Å². The van der Waals surface area contributed by atoms with Crippen molar-refractivity contribution in [1.29, 1.82) is 5.26 Å². The first kappa shape index (κ1) is 12.9. The molecule has 1 rings (SSSR count). The smallest absolute Gasteiger partial charge is 0.182 e. The molecule has 0 saturated heterocycles. The third-order valence-corrected chi connectivity index (χ3v) is 2.99. The molecular formula is C12H16N2OS. The van der Waals surface area contributed by atoms with Gasteiger partial charge in [0.05, 0.1) is 6.61 Å². The molecule has 3 nitrogen and oxygen atoms in total. The zero-order chi connectivity index (χ0) is 12.0. The molecule has 0 amide bonds. The summed E-state index contributed by atoms with van der Waals surface area (Å²) in [4.78, 5) is 3.93. The van der Waals surface area contributed by atoms with Crippen LogP contribution < -0.4 is 4.74 Å². The molecule has 0 bridgehead atoms. The normalized spacial score (nSPS) is 10.9. The van der Waals surface area contributed by atoms with Gasteiger partial charge in [0.2, 0.25) is 0 Å². The summed E-state index contributed by atoms with van der Waals surface area (Å²) >= 11 is 1.84. The van der Waals surface area contributed by atoms with Crippen LogP contribution >= 0.6 is 11.8 Å². The molecule has 0 fully saturated rings. The van der Waals surface area contributed by atoms with E-state index in [9.17, 15) is 0 Å². The van der Waals surface area contributed by atoms with Crippen LogP contribution in [0.3, 0.4) is 0 Å². The molecule has 16 heavy (non-hydrogen) atoms. The number of nitriles is 1. The lowest BCUT2D eigenvalue weighted by atomic mass is 10.3. The van der Waals surface area contributed by atoms with E-state index in [1.54, 1.807) is 18.3 Å². The summed E-state index contributed by atoms with van der Waals surface area (Å²) in [5.74, 6) is 1.48. The van der Waals surface area contributed by atoms with Crippen molar-refractivity contribution in [3.05, 3.63) is 24.0 Å². The van der Waals surface area contributed by atoms with Crippen molar-refractivity contribution in [1.82, 2.24) is 4.98 Å².